The van der Waals surface area contributed by atoms with Crippen molar-refractivity contribution in [3.8, 4) is 0 Å². The fourth-order valence-electron chi connectivity index (χ4n) is 1.96. The Kier molecular flexibility index (Phi) is 3.03. The van der Waals surface area contributed by atoms with Crippen LogP contribution in [0.2, 0.25) is 0 Å². The van der Waals surface area contributed by atoms with Gasteiger partial charge in [0.1, 0.15) is 6.61 Å². The third-order valence-corrected chi connectivity index (χ3v) is 2.98. The summed E-state index contributed by atoms with van der Waals surface area (Å²) in [6, 6.07) is 0. The number of amides is 1. The molecular weight excluding hydrogens is 192 g/mol. The lowest BCUT2D eigenvalue weighted by molar-refractivity contribution is 0.148. The summed E-state index contributed by atoms with van der Waals surface area (Å²) in [5.74, 6) is 0. The van der Waals surface area contributed by atoms with E-state index in [2.05, 4.69) is 5.32 Å². The van der Waals surface area contributed by atoms with Crippen molar-refractivity contribution in [1.82, 2.24) is 10.2 Å². The highest BCUT2D eigenvalue weighted by Gasteiger charge is 2.45. The summed E-state index contributed by atoms with van der Waals surface area (Å²) >= 11 is 0. The highest BCUT2D eigenvalue weighted by atomic mass is 35.5. The molecule has 1 amide bonds. The summed E-state index contributed by atoms with van der Waals surface area (Å²) in [4.78, 5) is 12.9. The number of hydrogen-bond acceptors (Lipinski definition) is 3. The standard InChI is InChI=1S/C8H14N2O2.ClH/c1-10-7(11)12-6-8(10)2-4-9-5-3-8;/h9H,2-6H2,1H3;1H. The molecule has 2 fully saturated rings. The van der Waals surface area contributed by atoms with Gasteiger partial charge in [0.25, 0.3) is 0 Å². The van der Waals surface area contributed by atoms with Crippen molar-refractivity contribution in [2.75, 3.05) is 26.7 Å². The number of carbonyl (C=O) groups is 1. The van der Waals surface area contributed by atoms with Gasteiger partial charge in [-0.1, -0.05) is 0 Å². The number of carbonyl (C=O) groups excluding carboxylic acids is 1. The monoisotopic (exact) mass is 206 g/mol. The van der Waals surface area contributed by atoms with Gasteiger partial charge in [0.2, 0.25) is 0 Å². The van der Waals surface area contributed by atoms with Gasteiger partial charge in [-0.2, -0.15) is 0 Å². The number of hydrogen-bond donors (Lipinski definition) is 1. The molecule has 2 heterocycles. The predicted octanol–water partition coefficient (Wildman–Crippen LogP) is 0.612. The Morgan fingerprint density at radius 2 is 2.08 bits per heavy atom. The molecule has 2 aliphatic heterocycles. The van der Waals surface area contributed by atoms with E-state index in [1.807, 2.05) is 7.05 Å². The number of likely N-dealkylation sites (N-methyl/N-ethyl adjacent to an activating group) is 1. The highest BCUT2D eigenvalue weighted by Crippen LogP contribution is 2.30. The molecule has 0 aliphatic carbocycles. The van der Waals surface area contributed by atoms with E-state index < -0.39 is 0 Å². The number of nitrogens with one attached hydrogen (secondary N) is 1. The van der Waals surface area contributed by atoms with Gasteiger partial charge >= 0.3 is 6.09 Å². The van der Waals surface area contributed by atoms with Crippen molar-refractivity contribution in [3.05, 3.63) is 0 Å². The predicted molar refractivity (Wildman–Crippen MR) is 51.2 cm³/mol. The molecule has 0 aromatic heterocycles. The first-order chi connectivity index (χ1) is 5.75. The molecule has 1 spiro atoms. The van der Waals surface area contributed by atoms with Gasteiger partial charge in [0.05, 0.1) is 5.54 Å². The van der Waals surface area contributed by atoms with Gasteiger partial charge in [0.15, 0.2) is 0 Å². The molecule has 0 saturated carbocycles. The molecule has 13 heavy (non-hydrogen) atoms. The van der Waals surface area contributed by atoms with Crippen LogP contribution in [0.15, 0.2) is 0 Å². The number of nitrogens with zero attached hydrogens (tertiary/aromatic N) is 1. The normalized spacial score (nSPS) is 25.6. The minimum absolute atomic E-state index is 0. The molecule has 4 nitrogen and oxygen atoms in total. The number of rotatable bonds is 0. The Bertz CT molecular complexity index is 204. The highest BCUT2D eigenvalue weighted by molar-refractivity contribution is 5.85. The maximum absolute atomic E-state index is 11.1. The van der Waals surface area contributed by atoms with Crippen molar-refractivity contribution < 1.29 is 9.53 Å². The zero-order valence-electron chi connectivity index (χ0n) is 7.71. The van der Waals surface area contributed by atoms with Gasteiger partial charge in [-0.25, -0.2) is 4.79 Å². The van der Waals surface area contributed by atoms with E-state index in [1.54, 1.807) is 4.90 Å². The molecule has 2 rings (SSSR count). The van der Waals surface area contributed by atoms with Gasteiger partial charge in [-0.3, -0.25) is 0 Å². The molecule has 2 saturated heterocycles. The van der Waals surface area contributed by atoms with Crippen LogP contribution in [0.5, 0.6) is 0 Å². The van der Waals surface area contributed by atoms with Crippen LogP contribution < -0.4 is 5.32 Å². The second-order valence-corrected chi connectivity index (χ2v) is 3.59. The van der Waals surface area contributed by atoms with E-state index >= 15 is 0 Å². The second kappa shape index (κ2) is 3.72. The molecule has 0 radical (unpaired) electrons. The van der Waals surface area contributed by atoms with Crippen molar-refractivity contribution in [3.63, 3.8) is 0 Å². The van der Waals surface area contributed by atoms with E-state index in [0.717, 1.165) is 25.9 Å². The Balaban J connectivity index is 0.000000845. The van der Waals surface area contributed by atoms with E-state index in [-0.39, 0.29) is 24.0 Å². The van der Waals surface area contributed by atoms with Gasteiger partial charge in [0, 0.05) is 7.05 Å². The maximum Gasteiger partial charge on any atom is 0.410 e. The topological polar surface area (TPSA) is 41.6 Å². The van der Waals surface area contributed by atoms with E-state index in [1.165, 1.54) is 0 Å². The lowest BCUT2D eigenvalue weighted by Crippen LogP contribution is -2.51. The summed E-state index contributed by atoms with van der Waals surface area (Å²) in [6.45, 7) is 2.55. The van der Waals surface area contributed by atoms with Crippen LogP contribution in [-0.2, 0) is 4.74 Å². The quantitative estimate of drug-likeness (QED) is 0.632. The fourth-order valence-corrected chi connectivity index (χ4v) is 1.96. The van der Waals surface area contributed by atoms with Crippen LogP contribution in [0, 0.1) is 0 Å². The van der Waals surface area contributed by atoms with E-state index in [4.69, 9.17) is 4.74 Å². The molecule has 76 valence electrons. The van der Waals surface area contributed by atoms with Gasteiger partial charge < -0.3 is 15.0 Å². The third kappa shape index (κ3) is 1.60. The van der Waals surface area contributed by atoms with Crippen LogP contribution in [-0.4, -0.2) is 43.3 Å². The Morgan fingerprint density at radius 1 is 1.46 bits per heavy atom. The molecule has 1 N–H and O–H groups in total. The maximum atomic E-state index is 11.1. The first-order valence-electron chi connectivity index (χ1n) is 4.36. The SMILES string of the molecule is CN1C(=O)OCC12CCNCC2.Cl. The number of ether oxygens (including phenoxy) is 1. The molecule has 5 heteroatoms. The van der Waals surface area contributed by atoms with Crippen LogP contribution in [0.4, 0.5) is 4.79 Å². The summed E-state index contributed by atoms with van der Waals surface area (Å²) in [7, 11) is 1.83. The first-order valence-corrected chi connectivity index (χ1v) is 4.36. The van der Waals surface area contributed by atoms with E-state index in [9.17, 15) is 4.79 Å². The van der Waals surface area contributed by atoms with Crippen LogP contribution >= 0.6 is 12.4 Å². The Labute approximate surface area is 84.0 Å². The average molecular weight is 207 g/mol. The largest absolute Gasteiger partial charge is 0.447 e. The number of piperidine rings is 1. The van der Waals surface area contributed by atoms with Gasteiger partial charge in [-0.15, -0.1) is 12.4 Å². The smallest absolute Gasteiger partial charge is 0.410 e. The molecule has 0 bridgehead atoms. The molecule has 0 unspecified atom stereocenters. The van der Waals surface area contributed by atoms with Crippen molar-refractivity contribution >= 4 is 18.5 Å². The minimum atomic E-state index is -0.170. The zero-order chi connectivity index (χ0) is 8.60. The summed E-state index contributed by atoms with van der Waals surface area (Å²) in [5, 5.41) is 3.28. The van der Waals surface area contributed by atoms with Crippen LogP contribution in [0.1, 0.15) is 12.8 Å². The fraction of sp³-hybridized carbons (Fsp3) is 0.875. The lowest BCUT2D eigenvalue weighted by Gasteiger charge is -2.36. The van der Waals surface area contributed by atoms with Gasteiger partial charge in [-0.05, 0) is 25.9 Å². The molecule has 0 aromatic rings. The lowest BCUT2D eigenvalue weighted by atomic mass is 9.89. The Morgan fingerprint density at radius 3 is 2.54 bits per heavy atom. The van der Waals surface area contributed by atoms with Crippen LogP contribution in [0.3, 0.4) is 0 Å². The number of cyclic esters (lactones) is 1. The van der Waals surface area contributed by atoms with E-state index in [0.29, 0.717) is 6.61 Å². The molecular formula is C8H15ClN2O2. The van der Waals surface area contributed by atoms with Crippen molar-refractivity contribution in [2.24, 2.45) is 0 Å². The first kappa shape index (κ1) is 10.6. The Hall–Kier alpha value is -0.480. The summed E-state index contributed by atoms with van der Waals surface area (Å²) in [6.07, 6.45) is 1.85. The average Bonchev–Trinajstić information content (AvgIpc) is 2.37. The number of halogens is 1. The minimum Gasteiger partial charge on any atom is -0.447 e. The summed E-state index contributed by atoms with van der Waals surface area (Å²) in [5.41, 5.74) is 0.00231. The molecule has 0 aromatic carbocycles. The van der Waals surface area contributed by atoms with Crippen molar-refractivity contribution in [1.29, 1.82) is 0 Å². The third-order valence-electron chi connectivity index (χ3n) is 2.98. The van der Waals surface area contributed by atoms with Crippen molar-refractivity contribution in [2.45, 2.75) is 18.4 Å². The second-order valence-electron chi connectivity index (χ2n) is 3.59. The summed E-state index contributed by atoms with van der Waals surface area (Å²) < 4.78 is 5.02. The van der Waals surface area contributed by atoms with Crippen LogP contribution in [0.25, 0.3) is 0 Å². The molecule has 0 atom stereocenters. The molecule has 2 aliphatic rings. The zero-order valence-corrected chi connectivity index (χ0v) is 8.52.